The number of rotatable bonds is 1. The van der Waals surface area contributed by atoms with Crippen LogP contribution in [0.2, 0.25) is 0 Å². The van der Waals surface area contributed by atoms with Crippen molar-refractivity contribution in [2.24, 2.45) is 0 Å². The molecule has 0 spiro atoms. The summed E-state index contributed by atoms with van der Waals surface area (Å²) in [4.78, 5) is 1.98. The van der Waals surface area contributed by atoms with Gasteiger partial charge in [-0.25, -0.2) is 8.78 Å². The second kappa shape index (κ2) is 3.88. The fraction of sp³-hybridized carbons (Fsp3) is 1.00. The van der Waals surface area contributed by atoms with E-state index in [0.29, 0.717) is 13.1 Å². The Balaban J connectivity index is 2.57. The molecule has 1 aliphatic rings. The first kappa shape index (κ1) is 10.9. The SMILES string of the molecule is CC(C)N1CCC(O)C(F)(F)CC1. The van der Waals surface area contributed by atoms with E-state index in [1.807, 2.05) is 18.7 Å². The van der Waals surface area contributed by atoms with Crippen molar-refractivity contribution in [1.29, 1.82) is 0 Å². The molecule has 0 radical (unpaired) electrons. The molecule has 1 atom stereocenters. The van der Waals surface area contributed by atoms with Gasteiger partial charge in [-0.3, -0.25) is 0 Å². The summed E-state index contributed by atoms with van der Waals surface area (Å²) < 4.78 is 26.0. The molecule has 1 N–H and O–H groups in total. The molecule has 1 aliphatic heterocycles. The van der Waals surface area contributed by atoms with Crippen molar-refractivity contribution < 1.29 is 13.9 Å². The Bertz CT molecular complexity index is 173. The lowest BCUT2D eigenvalue weighted by atomic mass is 10.1. The van der Waals surface area contributed by atoms with Crippen molar-refractivity contribution in [3.8, 4) is 0 Å². The first-order chi connectivity index (χ1) is 5.93. The van der Waals surface area contributed by atoms with Crippen LogP contribution in [-0.4, -0.2) is 41.2 Å². The summed E-state index contributed by atoms with van der Waals surface area (Å²) >= 11 is 0. The van der Waals surface area contributed by atoms with E-state index in [0.717, 1.165) is 0 Å². The summed E-state index contributed by atoms with van der Waals surface area (Å²) in [5, 5.41) is 9.14. The number of likely N-dealkylation sites (tertiary alicyclic amines) is 1. The quantitative estimate of drug-likeness (QED) is 0.682. The molecule has 0 aliphatic carbocycles. The van der Waals surface area contributed by atoms with Crippen LogP contribution >= 0.6 is 0 Å². The first-order valence-corrected chi connectivity index (χ1v) is 4.73. The van der Waals surface area contributed by atoms with Crippen LogP contribution in [0.1, 0.15) is 26.7 Å². The summed E-state index contributed by atoms with van der Waals surface area (Å²) in [6, 6.07) is 0.279. The van der Waals surface area contributed by atoms with Gasteiger partial charge in [0.05, 0.1) is 0 Å². The lowest BCUT2D eigenvalue weighted by Crippen LogP contribution is -2.33. The maximum Gasteiger partial charge on any atom is 0.274 e. The fourth-order valence-corrected chi connectivity index (χ4v) is 1.59. The van der Waals surface area contributed by atoms with E-state index in [1.165, 1.54) is 0 Å². The summed E-state index contributed by atoms with van der Waals surface area (Å²) in [6.07, 6.45) is -1.52. The minimum Gasteiger partial charge on any atom is -0.387 e. The van der Waals surface area contributed by atoms with E-state index in [9.17, 15) is 8.78 Å². The largest absolute Gasteiger partial charge is 0.387 e. The molecule has 13 heavy (non-hydrogen) atoms. The maximum absolute atomic E-state index is 13.0. The van der Waals surface area contributed by atoms with Crippen LogP contribution in [0.25, 0.3) is 0 Å². The molecule has 0 bridgehead atoms. The predicted molar refractivity (Wildman–Crippen MR) is 46.9 cm³/mol. The molecule has 78 valence electrons. The Labute approximate surface area is 77.5 Å². The highest BCUT2D eigenvalue weighted by atomic mass is 19.3. The summed E-state index contributed by atoms with van der Waals surface area (Å²) in [6.45, 7) is 4.90. The van der Waals surface area contributed by atoms with Gasteiger partial charge in [-0.2, -0.15) is 0 Å². The van der Waals surface area contributed by atoms with Crippen molar-refractivity contribution in [3.63, 3.8) is 0 Å². The molecule has 0 aromatic carbocycles. The lowest BCUT2D eigenvalue weighted by Gasteiger charge is -2.23. The molecule has 1 unspecified atom stereocenters. The standard InChI is InChI=1S/C9H17F2NO/c1-7(2)12-5-3-8(13)9(10,11)4-6-12/h7-8,13H,3-6H2,1-2H3. The van der Waals surface area contributed by atoms with Gasteiger partial charge in [0.25, 0.3) is 5.92 Å². The predicted octanol–water partition coefficient (Wildman–Crippen LogP) is 1.49. The average molecular weight is 193 g/mol. The molecule has 0 saturated carbocycles. The molecule has 0 aromatic rings. The van der Waals surface area contributed by atoms with Crippen molar-refractivity contribution >= 4 is 0 Å². The van der Waals surface area contributed by atoms with Crippen LogP contribution in [0.5, 0.6) is 0 Å². The number of halogens is 2. The van der Waals surface area contributed by atoms with Gasteiger partial charge in [0.1, 0.15) is 6.10 Å². The van der Waals surface area contributed by atoms with Gasteiger partial charge in [0.15, 0.2) is 0 Å². The molecule has 0 aromatic heterocycles. The zero-order valence-corrected chi connectivity index (χ0v) is 8.13. The van der Waals surface area contributed by atoms with E-state index < -0.39 is 12.0 Å². The van der Waals surface area contributed by atoms with Gasteiger partial charge in [-0.1, -0.05) is 0 Å². The second-order valence-electron chi connectivity index (χ2n) is 3.95. The molecule has 1 heterocycles. The number of hydrogen-bond acceptors (Lipinski definition) is 2. The van der Waals surface area contributed by atoms with Crippen molar-refractivity contribution in [2.75, 3.05) is 13.1 Å². The number of hydrogen-bond donors (Lipinski definition) is 1. The van der Waals surface area contributed by atoms with E-state index in [-0.39, 0.29) is 18.9 Å². The molecule has 1 fully saturated rings. The molecular weight excluding hydrogens is 176 g/mol. The molecule has 1 rings (SSSR count). The smallest absolute Gasteiger partial charge is 0.274 e. The highest BCUT2D eigenvalue weighted by Gasteiger charge is 2.40. The number of alkyl halides is 2. The maximum atomic E-state index is 13.0. The monoisotopic (exact) mass is 193 g/mol. The number of nitrogens with zero attached hydrogens (tertiary/aromatic N) is 1. The van der Waals surface area contributed by atoms with E-state index in [1.54, 1.807) is 0 Å². The Hall–Kier alpha value is -0.220. The minimum absolute atomic E-state index is 0.172. The third kappa shape index (κ3) is 2.61. The highest BCUT2D eigenvalue weighted by molar-refractivity contribution is 4.83. The van der Waals surface area contributed by atoms with Crippen LogP contribution in [0.4, 0.5) is 8.78 Å². The third-order valence-corrected chi connectivity index (χ3v) is 2.64. The Kier molecular flexibility index (Phi) is 3.24. The van der Waals surface area contributed by atoms with Crippen LogP contribution in [0.3, 0.4) is 0 Å². The number of aliphatic hydroxyl groups is 1. The average Bonchev–Trinajstić information content (AvgIpc) is 2.13. The summed E-state index contributed by atoms with van der Waals surface area (Å²) in [5.41, 5.74) is 0. The van der Waals surface area contributed by atoms with Crippen molar-refractivity contribution in [1.82, 2.24) is 4.90 Å². The molecule has 1 saturated heterocycles. The van der Waals surface area contributed by atoms with Crippen molar-refractivity contribution in [3.05, 3.63) is 0 Å². The van der Waals surface area contributed by atoms with E-state index in [4.69, 9.17) is 5.11 Å². The van der Waals surface area contributed by atoms with Gasteiger partial charge in [0, 0.05) is 25.6 Å². The Morgan fingerprint density at radius 3 is 2.54 bits per heavy atom. The first-order valence-electron chi connectivity index (χ1n) is 4.73. The lowest BCUT2D eigenvalue weighted by molar-refractivity contribution is -0.108. The fourth-order valence-electron chi connectivity index (χ4n) is 1.59. The Morgan fingerprint density at radius 2 is 2.00 bits per heavy atom. The zero-order chi connectivity index (χ0) is 10.1. The van der Waals surface area contributed by atoms with Gasteiger partial charge in [0.2, 0.25) is 0 Å². The van der Waals surface area contributed by atoms with Gasteiger partial charge in [-0.05, 0) is 20.3 Å². The zero-order valence-electron chi connectivity index (χ0n) is 8.13. The van der Waals surface area contributed by atoms with Crippen molar-refractivity contribution in [2.45, 2.75) is 44.8 Å². The molecule has 0 amide bonds. The second-order valence-corrected chi connectivity index (χ2v) is 3.95. The number of aliphatic hydroxyl groups excluding tert-OH is 1. The van der Waals surface area contributed by atoms with E-state index >= 15 is 0 Å². The normalized spacial score (nSPS) is 30.5. The van der Waals surface area contributed by atoms with Gasteiger partial charge < -0.3 is 10.0 Å². The van der Waals surface area contributed by atoms with Crippen LogP contribution < -0.4 is 0 Å². The van der Waals surface area contributed by atoms with Crippen LogP contribution in [0.15, 0.2) is 0 Å². The Morgan fingerprint density at radius 1 is 1.38 bits per heavy atom. The summed E-state index contributed by atoms with van der Waals surface area (Å²) in [5.74, 6) is -2.90. The summed E-state index contributed by atoms with van der Waals surface area (Å²) in [7, 11) is 0. The molecule has 2 nitrogen and oxygen atoms in total. The third-order valence-electron chi connectivity index (χ3n) is 2.64. The van der Waals surface area contributed by atoms with Crippen LogP contribution in [0, 0.1) is 0 Å². The highest BCUT2D eigenvalue weighted by Crippen LogP contribution is 2.28. The van der Waals surface area contributed by atoms with E-state index in [2.05, 4.69) is 0 Å². The molecular formula is C9H17F2NO. The minimum atomic E-state index is -2.90. The molecule has 4 heteroatoms. The van der Waals surface area contributed by atoms with Gasteiger partial charge in [-0.15, -0.1) is 0 Å². The van der Waals surface area contributed by atoms with Gasteiger partial charge >= 0.3 is 0 Å². The van der Waals surface area contributed by atoms with Crippen LogP contribution in [-0.2, 0) is 0 Å². The topological polar surface area (TPSA) is 23.5 Å².